The molecular weight excluding hydrogens is 262 g/mol. The summed E-state index contributed by atoms with van der Waals surface area (Å²) in [5.74, 6) is -0.280. The van der Waals surface area contributed by atoms with Gasteiger partial charge in [0.2, 0.25) is 0 Å². The van der Waals surface area contributed by atoms with Crippen LogP contribution in [0.2, 0.25) is 0 Å². The molecule has 0 bridgehead atoms. The number of hydrogen-bond acceptors (Lipinski definition) is 6. The molecule has 20 heavy (non-hydrogen) atoms. The highest BCUT2D eigenvalue weighted by Crippen LogP contribution is 2.22. The molecule has 0 spiro atoms. The molecule has 1 atom stereocenters. The Bertz CT molecular complexity index is 489. The predicted molar refractivity (Wildman–Crippen MR) is 73.7 cm³/mol. The van der Waals surface area contributed by atoms with E-state index in [0.717, 1.165) is 12.2 Å². The molecule has 0 saturated carbocycles. The summed E-state index contributed by atoms with van der Waals surface area (Å²) in [6, 6.07) is 5.81. The molecule has 1 aromatic carbocycles. The maximum absolute atomic E-state index is 11.9. The third-order valence-electron chi connectivity index (χ3n) is 3.19. The Morgan fingerprint density at radius 2 is 2.20 bits per heavy atom. The Morgan fingerprint density at radius 1 is 1.50 bits per heavy atom. The molecule has 2 rings (SSSR count). The number of carbonyl (C=O) groups is 1. The molecule has 1 aliphatic rings. The fourth-order valence-electron chi connectivity index (χ4n) is 2.23. The standard InChI is InChI=1S/C13H17N3O4/c1-2-20-13(17)12-9-14-7-8-15(12)10-3-5-11(6-4-10)16(18)19/h3-6,12,14H,2,7-9H2,1H3. The molecule has 1 unspecified atom stereocenters. The summed E-state index contributed by atoms with van der Waals surface area (Å²) in [7, 11) is 0. The maximum Gasteiger partial charge on any atom is 0.330 e. The lowest BCUT2D eigenvalue weighted by Crippen LogP contribution is -2.55. The number of carbonyl (C=O) groups excluding carboxylic acids is 1. The Morgan fingerprint density at radius 3 is 2.80 bits per heavy atom. The average Bonchev–Trinajstić information content (AvgIpc) is 2.47. The number of piperazine rings is 1. The Balaban J connectivity index is 2.18. The molecule has 108 valence electrons. The summed E-state index contributed by atoms with van der Waals surface area (Å²) in [4.78, 5) is 24.1. The number of nitro groups is 1. The van der Waals surface area contributed by atoms with Gasteiger partial charge in [-0.2, -0.15) is 0 Å². The van der Waals surface area contributed by atoms with Crippen LogP contribution in [0, 0.1) is 10.1 Å². The molecular formula is C13H17N3O4. The number of nitrogens with one attached hydrogen (secondary N) is 1. The highest BCUT2D eigenvalue weighted by molar-refractivity contribution is 5.81. The van der Waals surface area contributed by atoms with E-state index < -0.39 is 11.0 Å². The van der Waals surface area contributed by atoms with Gasteiger partial charge in [-0.25, -0.2) is 4.79 Å². The van der Waals surface area contributed by atoms with Crippen molar-refractivity contribution in [3.63, 3.8) is 0 Å². The van der Waals surface area contributed by atoms with Crippen LogP contribution in [0.1, 0.15) is 6.92 Å². The summed E-state index contributed by atoms with van der Waals surface area (Å²) >= 11 is 0. The first-order valence-corrected chi connectivity index (χ1v) is 6.52. The van der Waals surface area contributed by atoms with Crippen molar-refractivity contribution < 1.29 is 14.5 Å². The lowest BCUT2D eigenvalue weighted by Gasteiger charge is -2.36. The quantitative estimate of drug-likeness (QED) is 0.501. The highest BCUT2D eigenvalue weighted by atomic mass is 16.6. The van der Waals surface area contributed by atoms with Crippen LogP contribution in [0.3, 0.4) is 0 Å². The largest absolute Gasteiger partial charge is 0.464 e. The molecule has 1 heterocycles. The van der Waals surface area contributed by atoms with Crippen molar-refractivity contribution in [2.75, 3.05) is 31.1 Å². The Kier molecular flexibility index (Phi) is 4.52. The topological polar surface area (TPSA) is 84.7 Å². The lowest BCUT2D eigenvalue weighted by molar-refractivity contribution is -0.384. The molecule has 0 radical (unpaired) electrons. The summed E-state index contributed by atoms with van der Waals surface area (Å²) in [5.41, 5.74) is 0.826. The van der Waals surface area contributed by atoms with Gasteiger partial charge < -0.3 is 15.0 Å². The second-order valence-corrected chi connectivity index (χ2v) is 4.44. The van der Waals surface area contributed by atoms with Gasteiger partial charge >= 0.3 is 5.97 Å². The van der Waals surface area contributed by atoms with Gasteiger partial charge in [0.1, 0.15) is 6.04 Å². The molecule has 1 fully saturated rings. The molecule has 1 aromatic rings. The number of rotatable bonds is 4. The van der Waals surface area contributed by atoms with Crippen molar-refractivity contribution >= 4 is 17.3 Å². The molecule has 7 nitrogen and oxygen atoms in total. The minimum absolute atomic E-state index is 0.0385. The molecule has 0 amide bonds. The monoisotopic (exact) mass is 279 g/mol. The zero-order valence-corrected chi connectivity index (χ0v) is 11.2. The number of anilines is 1. The highest BCUT2D eigenvalue weighted by Gasteiger charge is 2.30. The number of ether oxygens (including phenoxy) is 1. The van der Waals surface area contributed by atoms with E-state index in [1.54, 1.807) is 19.1 Å². The Hall–Kier alpha value is -2.15. The maximum atomic E-state index is 11.9. The van der Waals surface area contributed by atoms with Crippen LogP contribution < -0.4 is 10.2 Å². The summed E-state index contributed by atoms with van der Waals surface area (Å²) in [6.07, 6.45) is 0. The smallest absolute Gasteiger partial charge is 0.330 e. The molecule has 0 aromatic heterocycles. The lowest BCUT2D eigenvalue weighted by atomic mass is 10.1. The Labute approximate surface area is 116 Å². The SMILES string of the molecule is CCOC(=O)C1CNCCN1c1ccc([N+](=O)[O-])cc1. The van der Waals surface area contributed by atoms with E-state index in [0.29, 0.717) is 19.7 Å². The van der Waals surface area contributed by atoms with Crippen molar-refractivity contribution in [1.29, 1.82) is 0 Å². The van der Waals surface area contributed by atoms with Gasteiger partial charge in [0.05, 0.1) is 11.5 Å². The first-order valence-electron chi connectivity index (χ1n) is 6.52. The van der Waals surface area contributed by atoms with Crippen LogP contribution in [-0.2, 0) is 9.53 Å². The van der Waals surface area contributed by atoms with E-state index in [-0.39, 0.29) is 11.7 Å². The average molecular weight is 279 g/mol. The summed E-state index contributed by atoms with van der Waals surface area (Å²) in [5, 5.41) is 13.8. The summed E-state index contributed by atoms with van der Waals surface area (Å²) in [6.45, 7) is 4.03. The van der Waals surface area contributed by atoms with E-state index in [1.165, 1.54) is 12.1 Å². The predicted octanol–water partition coefficient (Wildman–Crippen LogP) is 0.936. The van der Waals surface area contributed by atoms with E-state index in [4.69, 9.17) is 4.74 Å². The van der Waals surface area contributed by atoms with Crippen LogP contribution >= 0.6 is 0 Å². The van der Waals surface area contributed by atoms with Gasteiger partial charge in [-0.1, -0.05) is 0 Å². The zero-order valence-electron chi connectivity index (χ0n) is 11.2. The van der Waals surface area contributed by atoms with E-state index in [1.807, 2.05) is 4.90 Å². The van der Waals surface area contributed by atoms with Crippen molar-refractivity contribution in [3.05, 3.63) is 34.4 Å². The van der Waals surface area contributed by atoms with Crippen LogP contribution in [0.4, 0.5) is 11.4 Å². The van der Waals surface area contributed by atoms with Crippen molar-refractivity contribution in [3.8, 4) is 0 Å². The minimum Gasteiger partial charge on any atom is -0.464 e. The van der Waals surface area contributed by atoms with Crippen LogP contribution in [0.15, 0.2) is 24.3 Å². The van der Waals surface area contributed by atoms with E-state index in [2.05, 4.69) is 5.32 Å². The third kappa shape index (κ3) is 3.05. The molecule has 1 saturated heterocycles. The van der Waals surface area contributed by atoms with Gasteiger partial charge in [-0.3, -0.25) is 10.1 Å². The van der Waals surface area contributed by atoms with Gasteiger partial charge in [-0.05, 0) is 19.1 Å². The normalized spacial score (nSPS) is 18.6. The van der Waals surface area contributed by atoms with Crippen LogP contribution in [0.25, 0.3) is 0 Å². The van der Waals surface area contributed by atoms with Gasteiger partial charge in [0.15, 0.2) is 0 Å². The molecule has 1 N–H and O–H groups in total. The third-order valence-corrected chi connectivity index (χ3v) is 3.19. The minimum atomic E-state index is -0.440. The fourth-order valence-corrected chi connectivity index (χ4v) is 2.23. The van der Waals surface area contributed by atoms with E-state index >= 15 is 0 Å². The number of esters is 1. The number of nitro benzene ring substituents is 1. The first kappa shape index (κ1) is 14.3. The van der Waals surface area contributed by atoms with Gasteiger partial charge in [0, 0.05) is 37.5 Å². The fraction of sp³-hybridized carbons (Fsp3) is 0.462. The molecule has 0 aliphatic carbocycles. The van der Waals surface area contributed by atoms with Crippen LogP contribution in [-0.4, -0.2) is 43.2 Å². The number of nitrogens with zero attached hydrogens (tertiary/aromatic N) is 2. The number of non-ortho nitro benzene ring substituents is 1. The van der Waals surface area contributed by atoms with Crippen molar-refractivity contribution in [1.82, 2.24) is 5.32 Å². The summed E-state index contributed by atoms with van der Waals surface area (Å²) < 4.78 is 5.07. The first-order chi connectivity index (χ1) is 9.63. The van der Waals surface area contributed by atoms with Crippen molar-refractivity contribution in [2.24, 2.45) is 0 Å². The van der Waals surface area contributed by atoms with Crippen LogP contribution in [0.5, 0.6) is 0 Å². The van der Waals surface area contributed by atoms with E-state index in [9.17, 15) is 14.9 Å². The number of benzene rings is 1. The second kappa shape index (κ2) is 6.33. The molecule has 7 heteroatoms. The number of hydrogen-bond donors (Lipinski definition) is 1. The second-order valence-electron chi connectivity index (χ2n) is 4.44. The van der Waals surface area contributed by atoms with Crippen molar-refractivity contribution in [2.45, 2.75) is 13.0 Å². The zero-order chi connectivity index (χ0) is 14.5. The van der Waals surface area contributed by atoms with Gasteiger partial charge in [-0.15, -0.1) is 0 Å². The molecule has 1 aliphatic heterocycles. The van der Waals surface area contributed by atoms with Gasteiger partial charge in [0.25, 0.3) is 5.69 Å².